The molecule has 0 unspecified atom stereocenters. The molecule has 5 nitrogen and oxygen atoms in total. The van der Waals surface area contributed by atoms with Crippen molar-refractivity contribution in [2.75, 3.05) is 7.11 Å². The van der Waals surface area contributed by atoms with Crippen LogP contribution in [0.25, 0.3) is 0 Å². The zero-order valence-electron chi connectivity index (χ0n) is 7.79. The first-order chi connectivity index (χ1) is 6.02. The highest BCUT2D eigenvalue weighted by molar-refractivity contribution is 5.97. The minimum atomic E-state index is -0.666. The van der Waals surface area contributed by atoms with E-state index in [4.69, 9.17) is 10.4 Å². The Morgan fingerprint density at radius 3 is 2.46 bits per heavy atom. The molecule has 0 aliphatic carbocycles. The van der Waals surface area contributed by atoms with Gasteiger partial charge in [-0.2, -0.15) is 5.26 Å². The van der Waals surface area contributed by atoms with Crippen LogP contribution in [0.4, 0.5) is 0 Å². The Balaban J connectivity index is 4.63. The van der Waals surface area contributed by atoms with Crippen LogP contribution in [-0.2, 0) is 9.53 Å². The molecule has 0 atom stereocenters. The second-order valence-electron chi connectivity index (χ2n) is 2.62. The Bertz CT molecular complexity index is 263. The number of nitrogens with one attached hydrogen (secondary N) is 1. The number of aliphatic hydroxyl groups is 1. The summed E-state index contributed by atoms with van der Waals surface area (Å²) in [6, 6.07) is 1.45. The fourth-order valence-corrected chi connectivity index (χ4v) is 0.632. The molecule has 0 bridgehead atoms. The number of amides is 1. The zero-order chi connectivity index (χ0) is 10.4. The number of hydrogen-bond donors (Lipinski definition) is 2. The fraction of sp³-hybridized carbons (Fsp3) is 0.500. The monoisotopic (exact) mass is 184 g/mol. The number of carbonyl (C=O) groups is 1. The van der Waals surface area contributed by atoms with Crippen molar-refractivity contribution >= 4 is 5.91 Å². The molecule has 0 aromatic carbocycles. The molecular weight excluding hydrogens is 172 g/mol. The smallest absolute Gasteiger partial charge is 0.300 e. The van der Waals surface area contributed by atoms with Crippen LogP contribution >= 0.6 is 0 Å². The Hall–Kier alpha value is -1.70. The molecule has 0 heterocycles. The largest absolute Gasteiger partial charge is 0.480 e. The molecule has 0 radical (unpaired) electrons. The Labute approximate surface area is 76.6 Å². The first-order valence-electron chi connectivity index (χ1n) is 3.71. The van der Waals surface area contributed by atoms with Gasteiger partial charge in [-0.05, 0) is 13.8 Å². The summed E-state index contributed by atoms with van der Waals surface area (Å²) in [7, 11) is 1.18. The van der Waals surface area contributed by atoms with Crippen LogP contribution in [0, 0.1) is 11.3 Å². The number of nitriles is 1. The standard InChI is InChI=1S/C8H12N2O3/c1-5(2)10-7(11)6(4-9)8(12)13-3/h5,12H,1-3H3,(H,10,11)/b8-6+. The predicted molar refractivity (Wildman–Crippen MR) is 45.6 cm³/mol. The van der Waals surface area contributed by atoms with Gasteiger partial charge < -0.3 is 15.2 Å². The van der Waals surface area contributed by atoms with Crippen LogP contribution in [0.2, 0.25) is 0 Å². The van der Waals surface area contributed by atoms with E-state index >= 15 is 0 Å². The van der Waals surface area contributed by atoms with E-state index in [9.17, 15) is 4.79 Å². The summed E-state index contributed by atoms with van der Waals surface area (Å²) in [5.41, 5.74) is -0.420. The van der Waals surface area contributed by atoms with Gasteiger partial charge in [0.05, 0.1) is 7.11 Å². The molecule has 2 N–H and O–H groups in total. The highest BCUT2D eigenvalue weighted by Crippen LogP contribution is 2.01. The zero-order valence-corrected chi connectivity index (χ0v) is 7.79. The SMILES string of the molecule is CO/C(O)=C(\C#N)C(=O)NC(C)C. The quantitative estimate of drug-likeness (QED) is 0.379. The van der Waals surface area contributed by atoms with Gasteiger partial charge in [-0.25, -0.2) is 0 Å². The Morgan fingerprint density at radius 1 is 1.62 bits per heavy atom. The van der Waals surface area contributed by atoms with Gasteiger partial charge in [0.1, 0.15) is 6.07 Å². The molecule has 5 heteroatoms. The highest BCUT2D eigenvalue weighted by atomic mass is 16.6. The van der Waals surface area contributed by atoms with Gasteiger partial charge in [-0.1, -0.05) is 0 Å². The van der Waals surface area contributed by atoms with Gasteiger partial charge in [0.2, 0.25) is 0 Å². The van der Waals surface area contributed by atoms with Crippen LogP contribution in [0.3, 0.4) is 0 Å². The van der Waals surface area contributed by atoms with Crippen molar-refractivity contribution in [3.05, 3.63) is 11.5 Å². The number of hydrogen-bond acceptors (Lipinski definition) is 4. The topological polar surface area (TPSA) is 82.3 Å². The van der Waals surface area contributed by atoms with Crippen molar-refractivity contribution in [1.82, 2.24) is 5.32 Å². The normalized spacial score (nSPS) is 11.6. The third-order valence-corrected chi connectivity index (χ3v) is 1.17. The number of methoxy groups -OCH3 is 1. The molecular formula is C8H12N2O3. The highest BCUT2D eigenvalue weighted by Gasteiger charge is 2.16. The van der Waals surface area contributed by atoms with Gasteiger partial charge in [0.15, 0.2) is 5.57 Å². The van der Waals surface area contributed by atoms with E-state index in [2.05, 4.69) is 10.1 Å². The summed E-state index contributed by atoms with van der Waals surface area (Å²) in [5.74, 6) is -1.31. The lowest BCUT2D eigenvalue weighted by Crippen LogP contribution is -2.31. The molecule has 0 saturated heterocycles. The molecule has 72 valence electrons. The van der Waals surface area contributed by atoms with E-state index in [0.29, 0.717) is 0 Å². The lowest BCUT2D eigenvalue weighted by atomic mass is 10.2. The molecule has 0 rings (SSSR count). The molecule has 0 aliphatic heterocycles. The lowest BCUT2D eigenvalue weighted by molar-refractivity contribution is -0.118. The molecule has 0 aromatic heterocycles. The van der Waals surface area contributed by atoms with Crippen molar-refractivity contribution in [3.8, 4) is 6.07 Å². The third kappa shape index (κ3) is 3.47. The molecule has 0 saturated carbocycles. The number of nitrogens with zero attached hydrogens (tertiary/aromatic N) is 1. The van der Waals surface area contributed by atoms with Gasteiger partial charge in [-0.15, -0.1) is 0 Å². The van der Waals surface area contributed by atoms with Crippen molar-refractivity contribution in [1.29, 1.82) is 5.26 Å². The second kappa shape index (κ2) is 5.04. The first-order valence-corrected chi connectivity index (χ1v) is 3.71. The first kappa shape index (κ1) is 11.3. The maximum absolute atomic E-state index is 11.2. The molecule has 1 amide bonds. The number of carbonyl (C=O) groups excluding carboxylic acids is 1. The fourth-order valence-electron chi connectivity index (χ4n) is 0.632. The van der Waals surface area contributed by atoms with Crippen LogP contribution in [0.1, 0.15) is 13.8 Å². The molecule has 0 aromatic rings. The van der Waals surface area contributed by atoms with Crippen LogP contribution in [0.5, 0.6) is 0 Å². The summed E-state index contributed by atoms with van der Waals surface area (Å²) < 4.78 is 4.36. The average molecular weight is 184 g/mol. The van der Waals surface area contributed by atoms with E-state index in [1.165, 1.54) is 7.11 Å². The van der Waals surface area contributed by atoms with Gasteiger partial charge in [0, 0.05) is 6.04 Å². The maximum Gasteiger partial charge on any atom is 0.300 e. The number of ether oxygens (including phenoxy) is 1. The van der Waals surface area contributed by atoms with E-state index in [-0.39, 0.29) is 6.04 Å². The van der Waals surface area contributed by atoms with E-state index in [1.54, 1.807) is 19.9 Å². The van der Waals surface area contributed by atoms with Crippen molar-refractivity contribution in [3.63, 3.8) is 0 Å². The molecule has 13 heavy (non-hydrogen) atoms. The summed E-state index contributed by atoms with van der Waals surface area (Å²) in [5, 5.41) is 19.9. The van der Waals surface area contributed by atoms with Crippen LogP contribution < -0.4 is 5.32 Å². The summed E-state index contributed by atoms with van der Waals surface area (Å²) >= 11 is 0. The summed E-state index contributed by atoms with van der Waals surface area (Å²) in [6.45, 7) is 3.49. The summed E-state index contributed by atoms with van der Waals surface area (Å²) in [6.07, 6.45) is 0. The summed E-state index contributed by atoms with van der Waals surface area (Å²) in [4.78, 5) is 11.2. The Kier molecular flexibility index (Phi) is 4.38. The van der Waals surface area contributed by atoms with Crippen LogP contribution in [0.15, 0.2) is 11.5 Å². The van der Waals surface area contributed by atoms with Crippen molar-refractivity contribution < 1.29 is 14.6 Å². The van der Waals surface area contributed by atoms with Crippen molar-refractivity contribution in [2.24, 2.45) is 0 Å². The van der Waals surface area contributed by atoms with E-state index in [0.717, 1.165) is 0 Å². The number of rotatable bonds is 3. The van der Waals surface area contributed by atoms with Gasteiger partial charge >= 0.3 is 5.95 Å². The van der Waals surface area contributed by atoms with Gasteiger partial charge in [0.25, 0.3) is 5.91 Å². The number of aliphatic hydroxyl groups excluding tert-OH is 1. The van der Waals surface area contributed by atoms with E-state index in [1.807, 2.05) is 0 Å². The van der Waals surface area contributed by atoms with Crippen molar-refractivity contribution in [2.45, 2.75) is 19.9 Å². The molecule has 0 spiro atoms. The predicted octanol–water partition coefficient (Wildman–Crippen LogP) is 0.451. The van der Waals surface area contributed by atoms with Gasteiger partial charge in [-0.3, -0.25) is 4.79 Å². The third-order valence-electron chi connectivity index (χ3n) is 1.17. The van der Waals surface area contributed by atoms with Crippen LogP contribution in [-0.4, -0.2) is 24.2 Å². The van der Waals surface area contributed by atoms with E-state index < -0.39 is 17.4 Å². The minimum Gasteiger partial charge on any atom is -0.480 e. The Morgan fingerprint density at radius 2 is 2.15 bits per heavy atom. The minimum absolute atomic E-state index is 0.0968. The average Bonchev–Trinajstić information content (AvgIpc) is 2.03. The second-order valence-corrected chi connectivity index (χ2v) is 2.62. The molecule has 0 fully saturated rings. The molecule has 0 aliphatic rings. The maximum atomic E-state index is 11.2. The lowest BCUT2D eigenvalue weighted by Gasteiger charge is -2.07.